The summed E-state index contributed by atoms with van der Waals surface area (Å²) < 4.78 is 6.12. The molecule has 8 aromatic rings. The third-order valence-corrected chi connectivity index (χ3v) is 7.77. The van der Waals surface area contributed by atoms with E-state index in [1.807, 2.05) is 60.7 Å². The van der Waals surface area contributed by atoms with Crippen molar-refractivity contribution in [3.63, 3.8) is 0 Å². The number of benzene rings is 6. The highest BCUT2D eigenvalue weighted by molar-refractivity contribution is 6.12. The van der Waals surface area contributed by atoms with E-state index in [4.69, 9.17) is 19.4 Å². The first-order chi connectivity index (χ1) is 21.3. The minimum atomic E-state index is 0.634. The molecule has 202 valence electrons. The van der Waals surface area contributed by atoms with Gasteiger partial charge in [-0.2, -0.15) is 0 Å². The van der Waals surface area contributed by atoms with Crippen LogP contribution in [0.4, 0.5) is 0 Å². The SMILES string of the molecule is c1ccc(-c2ccc(-c3nc(-c4ccccc4)nc(-c4ccc(-c5cccc6oc7ccccc7c56)cc4)n3)cc2)cc1. The largest absolute Gasteiger partial charge is 0.456 e. The van der Waals surface area contributed by atoms with Gasteiger partial charge in [-0.25, -0.2) is 15.0 Å². The van der Waals surface area contributed by atoms with E-state index >= 15 is 0 Å². The topological polar surface area (TPSA) is 51.8 Å². The van der Waals surface area contributed by atoms with Gasteiger partial charge >= 0.3 is 0 Å². The zero-order chi connectivity index (χ0) is 28.6. The Balaban J connectivity index is 1.21. The van der Waals surface area contributed by atoms with Gasteiger partial charge < -0.3 is 4.42 Å². The van der Waals surface area contributed by atoms with Gasteiger partial charge in [-0.3, -0.25) is 0 Å². The number of rotatable bonds is 5. The molecule has 4 heteroatoms. The number of nitrogens with zero attached hydrogens (tertiary/aromatic N) is 3. The van der Waals surface area contributed by atoms with Crippen molar-refractivity contribution in [3.8, 4) is 56.4 Å². The fraction of sp³-hybridized carbons (Fsp3) is 0. The molecule has 0 unspecified atom stereocenters. The molecular formula is C39H25N3O. The minimum absolute atomic E-state index is 0.634. The number of furan rings is 1. The molecule has 0 aliphatic rings. The van der Waals surface area contributed by atoms with Crippen LogP contribution in [0.5, 0.6) is 0 Å². The van der Waals surface area contributed by atoms with Crippen molar-refractivity contribution in [2.75, 3.05) is 0 Å². The Morgan fingerprint density at radius 1 is 0.326 bits per heavy atom. The van der Waals surface area contributed by atoms with Crippen LogP contribution in [0.1, 0.15) is 0 Å². The molecule has 0 saturated carbocycles. The van der Waals surface area contributed by atoms with Gasteiger partial charge in [0, 0.05) is 27.5 Å². The van der Waals surface area contributed by atoms with Crippen LogP contribution in [-0.4, -0.2) is 15.0 Å². The van der Waals surface area contributed by atoms with Crippen molar-refractivity contribution in [1.82, 2.24) is 15.0 Å². The Labute approximate surface area is 249 Å². The Bertz CT molecular complexity index is 2200. The summed E-state index contributed by atoms with van der Waals surface area (Å²) in [5, 5.41) is 2.24. The molecular weight excluding hydrogens is 526 g/mol. The summed E-state index contributed by atoms with van der Waals surface area (Å²) in [6.07, 6.45) is 0. The molecule has 0 atom stereocenters. The number of hydrogen-bond acceptors (Lipinski definition) is 4. The Morgan fingerprint density at radius 3 is 1.40 bits per heavy atom. The summed E-state index contributed by atoms with van der Waals surface area (Å²) >= 11 is 0. The Kier molecular flexibility index (Phi) is 6.08. The van der Waals surface area contributed by atoms with Crippen LogP contribution < -0.4 is 0 Å². The highest BCUT2D eigenvalue weighted by Crippen LogP contribution is 2.37. The van der Waals surface area contributed by atoms with Crippen molar-refractivity contribution in [2.45, 2.75) is 0 Å². The van der Waals surface area contributed by atoms with Crippen molar-refractivity contribution in [1.29, 1.82) is 0 Å². The van der Waals surface area contributed by atoms with Crippen LogP contribution in [0, 0.1) is 0 Å². The van der Waals surface area contributed by atoms with Gasteiger partial charge in [0.2, 0.25) is 0 Å². The first-order valence-electron chi connectivity index (χ1n) is 14.3. The number of hydrogen-bond donors (Lipinski definition) is 0. The molecule has 0 aliphatic carbocycles. The molecule has 0 N–H and O–H groups in total. The molecule has 0 aliphatic heterocycles. The molecule has 0 bridgehead atoms. The maximum Gasteiger partial charge on any atom is 0.164 e. The van der Waals surface area contributed by atoms with Crippen LogP contribution in [0.25, 0.3) is 78.4 Å². The first-order valence-corrected chi connectivity index (χ1v) is 14.3. The van der Waals surface area contributed by atoms with Crippen molar-refractivity contribution < 1.29 is 4.42 Å². The summed E-state index contributed by atoms with van der Waals surface area (Å²) in [7, 11) is 0. The fourth-order valence-electron chi connectivity index (χ4n) is 5.61. The second-order valence-electron chi connectivity index (χ2n) is 10.5. The second-order valence-corrected chi connectivity index (χ2v) is 10.5. The van der Waals surface area contributed by atoms with Crippen LogP contribution in [0.15, 0.2) is 156 Å². The first kappa shape index (κ1) is 24.9. The highest BCUT2D eigenvalue weighted by Gasteiger charge is 2.15. The van der Waals surface area contributed by atoms with Crippen LogP contribution in [0.3, 0.4) is 0 Å². The summed E-state index contributed by atoms with van der Waals surface area (Å²) in [6.45, 7) is 0. The molecule has 0 amide bonds. The zero-order valence-electron chi connectivity index (χ0n) is 23.2. The van der Waals surface area contributed by atoms with Gasteiger partial charge in [0.15, 0.2) is 17.5 Å². The maximum atomic E-state index is 6.12. The van der Waals surface area contributed by atoms with Crippen molar-refractivity contribution in [3.05, 3.63) is 152 Å². The maximum absolute atomic E-state index is 6.12. The predicted molar refractivity (Wildman–Crippen MR) is 174 cm³/mol. The van der Waals surface area contributed by atoms with Gasteiger partial charge in [-0.05, 0) is 34.4 Å². The lowest BCUT2D eigenvalue weighted by Crippen LogP contribution is -2.00. The minimum Gasteiger partial charge on any atom is -0.456 e. The van der Waals surface area contributed by atoms with Gasteiger partial charge in [-0.15, -0.1) is 0 Å². The van der Waals surface area contributed by atoms with E-state index in [1.54, 1.807) is 0 Å². The van der Waals surface area contributed by atoms with Gasteiger partial charge in [0.25, 0.3) is 0 Å². The summed E-state index contributed by atoms with van der Waals surface area (Å²) in [5.41, 5.74) is 9.16. The Morgan fingerprint density at radius 2 is 0.767 bits per heavy atom. The average molecular weight is 552 g/mol. The Hall–Kier alpha value is -5.87. The molecule has 2 aromatic heterocycles. The van der Waals surface area contributed by atoms with Gasteiger partial charge in [0.1, 0.15) is 11.2 Å². The zero-order valence-corrected chi connectivity index (χ0v) is 23.2. The lowest BCUT2D eigenvalue weighted by atomic mass is 9.98. The van der Waals surface area contributed by atoms with Crippen molar-refractivity contribution >= 4 is 21.9 Å². The third-order valence-electron chi connectivity index (χ3n) is 7.77. The van der Waals surface area contributed by atoms with E-state index in [0.29, 0.717) is 17.5 Å². The molecule has 8 rings (SSSR count). The molecule has 6 aromatic carbocycles. The van der Waals surface area contributed by atoms with Gasteiger partial charge in [-0.1, -0.05) is 140 Å². The number of para-hydroxylation sites is 1. The van der Waals surface area contributed by atoms with E-state index in [9.17, 15) is 0 Å². The van der Waals surface area contributed by atoms with E-state index in [0.717, 1.165) is 55.3 Å². The number of fused-ring (bicyclic) bond motifs is 3. The summed E-state index contributed by atoms with van der Waals surface area (Å²) in [6, 6.07) is 51.6. The fourth-order valence-corrected chi connectivity index (χ4v) is 5.61. The normalized spacial score (nSPS) is 11.3. The molecule has 0 radical (unpaired) electrons. The lowest BCUT2D eigenvalue weighted by molar-refractivity contribution is 0.669. The van der Waals surface area contributed by atoms with E-state index in [-0.39, 0.29) is 0 Å². The molecule has 2 heterocycles. The monoisotopic (exact) mass is 551 g/mol. The average Bonchev–Trinajstić information content (AvgIpc) is 3.48. The van der Waals surface area contributed by atoms with E-state index in [2.05, 4.69) is 91.0 Å². The van der Waals surface area contributed by atoms with Crippen LogP contribution in [0.2, 0.25) is 0 Å². The van der Waals surface area contributed by atoms with Crippen LogP contribution >= 0.6 is 0 Å². The van der Waals surface area contributed by atoms with Crippen molar-refractivity contribution in [2.24, 2.45) is 0 Å². The summed E-state index contributed by atoms with van der Waals surface area (Å²) in [5.74, 6) is 1.92. The van der Waals surface area contributed by atoms with Crippen LogP contribution in [-0.2, 0) is 0 Å². The quantitative estimate of drug-likeness (QED) is 0.214. The standard InChI is InChI=1S/C39H25N3O/c1-3-10-26(11-4-1)27-18-22-30(23-19-27)38-40-37(29-12-5-2-6-13-29)41-39(42-38)31-24-20-28(21-25-31)32-15-9-17-35-36(32)33-14-7-8-16-34(33)43-35/h1-25H. The molecule has 0 saturated heterocycles. The predicted octanol–water partition coefficient (Wildman–Crippen LogP) is 10.1. The molecule has 0 spiro atoms. The third kappa shape index (κ3) is 4.65. The smallest absolute Gasteiger partial charge is 0.164 e. The van der Waals surface area contributed by atoms with Gasteiger partial charge in [0.05, 0.1) is 0 Å². The molecule has 43 heavy (non-hydrogen) atoms. The molecule has 0 fully saturated rings. The number of aromatic nitrogens is 3. The van der Waals surface area contributed by atoms with E-state index < -0.39 is 0 Å². The highest BCUT2D eigenvalue weighted by atomic mass is 16.3. The summed E-state index contributed by atoms with van der Waals surface area (Å²) in [4.78, 5) is 14.8. The lowest BCUT2D eigenvalue weighted by Gasteiger charge is -2.10. The molecule has 4 nitrogen and oxygen atoms in total. The second kappa shape index (κ2) is 10.5. The van der Waals surface area contributed by atoms with E-state index in [1.165, 1.54) is 5.56 Å².